The molecule has 148 valence electrons. The molecule has 2 aliphatic carbocycles. The number of hydrogen-bond donors (Lipinski definition) is 1. The van der Waals surface area contributed by atoms with Gasteiger partial charge < -0.3 is 5.32 Å². The highest BCUT2D eigenvalue weighted by molar-refractivity contribution is 6.13. The average molecular weight is 370 g/mol. The van der Waals surface area contributed by atoms with Crippen LogP contribution in [0.5, 0.6) is 0 Å². The summed E-state index contributed by atoms with van der Waals surface area (Å²) >= 11 is 0. The van der Waals surface area contributed by atoms with Crippen molar-refractivity contribution in [3.8, 4) is 0 Å². The van der Waals surface area contributed by atoms with E-state index in [-0.39, 0.29) is 35.5 Å². The van der Waals surface area contributed by atoms with Crippen molar-refractivity contribution < 1.29 is 9.59 Å². The van der Waals surface area contributed by atoms with Crippen LogP contribution < -0.4 is 5.32 Å². The van der Waals surface area contributed by atoms with E-state index in [1.54, 1.807) is 6.08 Å². The second-order valence-corrected chi connectivity index (χ2v) is 9.35. The van der Waals surface area contributed by atoms with Gasteiger partial charge in [-0.2, -0.15) is 0 Å². The summed E-state index contributed by atoms with van der Waals surface area (Å²) in [5.74, 6) is 0.517. The highest BCUT2D eigenvalue weighted by Crippen LogP contribution is 2.55. The molecule has 1 spiro atoms. The second kappa shape index (κ2) is 7.77. The van der Waals surface area contributed by atoms with Crippen LogP contribution in [0, 0.1) is 29.1 Å². The predicted octanol–water partition coefficient (Wildman–Crippen LogP) is 4.99. The molecule has 0 saturated carbocycles. The minimum absolute atomic E-state index is 0.00260. The van der Waals surface area contributed by atoms with Crippen LogP contribution in [0.4, 0.5) is 0 Å². The van der Waals surface area contributed by atoms with Gasteiger partial charge in [0.25, 0.3) is 0 Å². The summed E-state index contributed by atoms with van der Waals surface area (Å²) in [6.07, 6.45) is 13.2. The van der Waals surface area contributed by atoms with Gasteiger partial charge in [-0.3, -0.25) is 9.59 Å². The fraction of sp³-hybridized carbons (Fsp3) is 0.667. The summed E-state index contributed by atoms with van der Waals surface area (Å²) in [6, 6.07) is 0.0647. The van der Waals surface area contributed by atoms with Gasteiger partial charge in [0.05, 0.1) is 0 Å². The molecule has 1 fully saturated rings. The molecule has 0 unspecified atom stereocenters. The van der Waals surface area contributed by atoms with Gasteiger partial charge in [-0.15, -0.1) is 0 Å². The predicted molar refractivity (Wildman–Crippen MR) is 110 cm³/mol. The fourth-order valence-electron chi connectivity index (χ4n) is 5.53. The van der Waals surface area contributed by atoms with Crippen LogP contribution in [0.15, 0.2) is 35.5 Å². The van der Waals surface area contributed by atoms with E-state index in [9.17, 15) is 9.59 Å². The first-order valence-corrected chi connectivity index (χ1v) is 10.7. The fourth-order valence-corrected chi connectivity index (χ4v) is 5.53. The lowest BCUT2D eigenvalue weighted by molar-refractivity contribution is -0.142. The van der Waals surface area contributed by atoms with Gasteiger partial charge in [-0.05, 0) is 63.9 Å². The first kappa shape index (κ1) is 20.1. The van der Waals surface area contributed by atoms with Crippen molar-refractivity contribution in [1.82, 2.24) is 5.32 Å². The molecule has 3 aliphatic rings. The van der Waals surface area contributed by atoms with Gasteiger partial charge in [0, 0.05) is 17.9 Å². The van der Waals surface area contributed by atoms with Crippen molar-refractivity contribution in [2.45, 2.75) is 72.8 Å². The minimum Gasteiger partial charge on any atom is -0.352 e. The maximum absolute atomic E-state index is 13.6. The number of ketones is 1. The third-order valence-electron chi connectivity index (χ3n) is 6.93. The molecule has 1 N–H and O–H groups in total. The molecule has 5 atom stereocenters. The maximum atomic E-state index is 13.6. The summed E-state index contributed by atoms with van der Waals surface area (Å²) in [5.41, 5.74) is 1.62. The lowest BCUT2D eigenvalue weighted by atomic mass is 9.55. The molecule has 1 saturated heterocycles. The number of amides is 1. The van der Waals surface area contributed by atoms with Crippen LogP contribution in [-0.2, 0) is 9.59 Å². The Bertz CT molecular complexity index is 699. The second-order valence-electron chi connectivity index (χ2n) is 9.35. The zero-order chi connectivity index (χ0) is 19.8. The third kappa shape index (κ3) is 3.46. The monoisotopic (exact) mass is 369 g/mol. The summed E-state index contributed by atoms with van der Waals surface area (Å²) < 4.78 is 0. The molecule has 0 radical (unpaired) electrons. The first-order chi connectivity index (χ1) is 12.8. The SMILES string of the molecule is CC1=C[C@H]2C=C(C)[C@@H](C)[C@H]3[C@H](CC(C)C)NC(=O)[C@@]23C(=O)C=CCCCC1. The van der Waals surface area contributed by atoms with Crippen molar-refractivity contribution in [1.29, 1.82) is 0 Å². The van der Waals surface area contributed by atoms with E-state index in [4.69, 9.17) is 0 Å². The Hall–Kier alpha value is -1.64. The Balaban J connectivity index is 2.19. The van der Waals surface area contributed by atoms with Gasteiger partial charge in [0.1, 0.15) is 5.41 Å². The molecular weight excluding hydrogens is 334 g/mol. The molecule has 1 aliphatic heterocycles. The topological polar surface area (TPSA) is 46.2 Å². The third-order valence-corrected chi connectivity index (χ3v) is 6.93. The van der Waals surface area contributed by atoms with E-state index in [0.717, 1.165) is 32.1 Å². The Morgan fingerprint density at radius 1 is 1.19 bits per heavy atom. The van der Waals surface area contributed by atoms with Gasteiger partial charge in [-0.25, -0.2) is 0 Å². The van der Waals surface area contributed by atoms with Crippen LogP contribution in [0.1, 0.15) is 66.7 Å². The molecule has 0 aromatic rings. The molecule has 3 heteroatoms. The van der Waals surface area contributed by atoms with E-state index in [1.807, 2.05) is 6.08 Å². The van der Waals surface area contributed by atoms with Crippen LogP contribution >= 0.6 is 0 Å². The highest BCUT2D eigenvalue weighted by atomic mass is 16.2. The van der Waals surface area contributed by atoms with Crippen molar-refractivity contribution in [2.24, 2.45) is 29.1 Å². The number of carbonyl (C=O) groups excluding carboxylic acids is 2. The minimum atomic E-state index is -0.986. The number of allylic oxidation sites excluding steroid dienone is 6. The Labute approximate surface area is 164 Å². The lowest BCUT2D eigenvalue weighted by Crippen LogP contribution is -2.51. The normalized spacial score (nSPS) is 37.1. The molecule has 0 aromatic carbocycles. The van der Waals surface area contributed by atoms with E-state index < -0.39 is 5.41 Å². The van der Waals surface area contributed by atoms with Crippen molar-refractivity contribution in [3.05, 3.63) is 35.5 Å². The van der Waals surface area contributed by atoms with E-state index in [0.29, 0.717) is 5.92 Å². The van der Waals surface area contributed by atoms with E-state index >= 15 is 0 Å². The zero-order valence-electron chi connectivity index (χ0n) is 17.5. The number of nitrogens with one attached hydrogen (secondary N) is 1. The molecule has 1 heterocycles. The first-order valence-electron chi connectivity index (χ1n) is 10.7. The van der Waals surface area contributed by atoms with Gasteiger partial charge in [0.2, 0.25) is 5.91 Å². The van der Waals surface area contributed by atoms with Gasteiger partial charge >= 0.3 is 0 Å². The zero-order valence-corrected chi connectivity index (χ0v) is 17.5. The van der Waals surface area contributed by atoms with Crippen LogP contribution in [0.3, 0.4) is 0 Å². The lowest BCUT2D eigenvalue weighted by Gasteiger charge is -2.44. The molecule has 1 amide bonds. The number of carbonyl (C=O) groups is 2. The standard InChI is InChI=1S/C24H35NO2/c1-15(2)12-20-22-18(5)17(4)14-19-13-16(3)10-8-6-7-9-11-21(26)24(19,22)23(27)25-20/h9,11,13-15,18-20,22H,6-8,10,12H2,1-5H3,(H,25,27)/t18-,19+,20+,22+,24-/m1/s1. The van der Waals surface area contributed by atoms with E-state index in [1.165, 1.54) is 11.1 Å². The van der Waals surface area contributed by atoms with Gasteiger partial charge in [0.15, 0.2) is 5.78 Å². The van der Waals surface area contributed by atoms with Crippen molar-refractivity contribution in [2.75, 3.05) is 0 Å². The van der Waals surface area contributed by atoms with E-state index in [2.05, 4.69) is 52.1 Å². The molecule has 0 aromatic heterocycles. The summed E-state index contributed by atoms with van der Waals surface area (Å²) in [7, 11) is 0. The van der Waals surface area contributed by atoms with Gasteiger partial charge in [-0.1, -0.05) is 50.1 Å². The Morgan fingerprint density at radius 2 is 1.93 bits per heavy atom. The molecule has 27 heavy (non-hydrogen) atoms. The smallest absolute Gasteiger partial charge is 0.235 e. The molecule has 3 nitrogen and oxygen atoms in total. The largest absolute Gasteiger partial charge is 0.352 e. The average Bonchev–Trinajstić information content (AvgIpc) is 2.86. The summed E-state index contributed by atoms with van der Waals surface area (Å²) in [6.45, 7) is 10.9. The van der Waals surface area contributed by atoms with Crippen LogP contribution in [0.25, 0.3) is 0 Å². The summed E-state index contributed by atoms with van der Waals surface area (Å²) in [5, 5.41) is 3.26. The quantitative estimate of drug-likeness (QED) is 0.550. The van der Waals surface area contributed by atoms with Crippen molar-refractivity contribution in [3.63, 3.8) is 0 Å². The summed E-state index contributed by atoms with van der Waals surface area (Å²) in [4.78, 5) is 27.0. The Kier molecular flexibility index (Phi) is 5.79. The molecule has 0 bridgehead atoms. The maximum Gasteiger partial charge on any atom is 0.235 e. The Morgan fingerprint density at radius 3 is 2.63 bits per heavy atom. The molecule has 3 rings (SSSR count). The molecular formula is C24H35NO2. The number of rotatable bonds is 2. The van der Waals surface area contributed by atoms with Crippen molar-refractivity contribution >= 4 is 11.7 Å². The number of hydrogen-bond acceptors (Lipinski definition) is 2. The highest BCUT2D eigenvalue weighted by Gasteiger charge is 2.64. The van der Waals surface area contributed by atoms with Crippen LogP contribution in [-0.4, -0.2) is 17.7 Å². The van der Waals surface area contributed by atoms with Crippen LogP contribution in [0.2, 0.25) is 0 Å².